The lowest BCUT2D eigenvalue weighted by Crippen LogP contribution is -2.55. The highest BCUT2D eigenvalue weighted by Crippen LogP contribution is 2.22. The molecule has 0 spiro atoms. The van der Waals surface area contributed by atoms with Gasteiger partial charge in [0.1, 0.15) is 0 Å². The lowest BCUT2D eigenvalue weighted by Gasteiger charge is -2.38. The van der Waals surface area contributed by atoms with Gasteiger partial charge in [0.15, 0.2) is 4.96 Å². The van der Waals surface area contributed by atoms with Crippen molar-refractivity contribution in [3.8, 4) is 0 Å². The van der Waals surface area contributed by atoms with E-state index in [2.05, 4.69) is 14.7 Å². The lowest BCUT2D eigenvalue weighted by molar-refractivity contribution is -0.00550. The molecule has 2 aromatic rings. The second-order valence-electron chi connectivity index (χ2n) is 5.74. The molecule has 0 aromatic carbocycles. The van der Waals surface area contributed by atoms with Crippen LogP contribution in [0.15, 0.2) is 11.6 Å². The molecule has 0 saturated carbocycles. The largest absolute Gasteiger partial charge is 0.389 e. The van der Waals surface area contributed by atoms with Crippen LogP contribution in [-0.4, -0.2) is 25.6 Å². The van der Waals surface area contributed by atoms with E-state index in [0.717, 1.165) is 16.3 Å². The Morgan fingerprint density at radius 2 is 2.06 bits per heavy atom. The van der Waals surface area contributed by atoms with Crippen molar-refractivity contribution in [2.24, 2.45) is 0 Å². The van der Waals surface area contributed by atoms with Crippen molar-refractivity contribution < 1.29 is 5.11 Å². The number of fused-ring (bicyclic) bond motifs is 1. The Bertz CT molecular complexity index is 548. The normalized spacial score (nSPS) is 13.4. The number of hydrogen-bond acceptors (Lipinski definition) is 4. The van der Waals surface area contributed by atoms with Gasteiger partial charge in [0.25, 0.3) is 0 Å². The average Bonchev–Trinajstić information content (AvgIpc) is 2.73. The van der Waals surface area contributed by atoms with Crippen molar-refractivity contribution in [2.45, 2.75) is 52.3 Å². The highest BCUT2D eigenvalue weighted by Gasteiger charge is 2.34. The molecule has 0 aliphatic heterocycles. The average molecular weight is 267 g/mol. The third-order valence-electron chi connectivity index (χ3n) is 3.79. The van der Waals surface area contributed by atoms with Gasteiger partial charge in [-0.3, -0.25) is 4.40 Å². The maximum absolute atomic E-state index is 10.1. The molecule has 2 aromatic heterocycles. The summed E-state index contributed by atoms with van der Waals surface area (Å²) >= 11 is 1.64. The predicted octanol–water partition coefficient (Wildman–Crippen LogP) is 2.34. The van der Waals surface area contributed by atoms with Gasteiger partial charge in [0.2, 0.25) is 0 Å². The molecule has 2 N–H and O–H groups in total. The number of aryl methyl sites for hydroxylation is 1. The summed E-state index contributed by atoms with van der Waals surface area (Å²) in [6.07, 6.45) is 2.04. The van der Waals surface area contributed by atoms with Crippen LogP contribution < -0.4 is 5.32 Å². The fourth-order valence-electron chi connectivity index (χ4n) is 1.67. The van der Waals surface area contributed by atoms with Gasteiger partial charge in [-0.15, -0.1) is 11.3 Å². The number of nitrogens with one attached hydrogen (secondary N) is 1. The zero-order chi connectivity index (χ0) is 13.6. The second kappa shape index (κ2) is 4.33. The second-order valence-corrected chi connectivity index (χ2v) is 6.61. The number of rotatable bonds is 4. The standard InChI is InChI=1S/C13H21N3OS/c1-9-10(16-6-7-18-11(16)15-9)8-14-12(2,3)13(4,5)17/h6-7,14,17H,8H2,1-5H3. The highest BCUT2D eigenvalue weighted by molar-refractivity contribution is 7.15. The van der Waals surface area contributed by atoms with E-state index in [1.54, 1.807) is 11.3 Å². The topological polar surface area (TPSA) is 49.6 Å². The molecule has 0 radical (unpaired) electrons. The lowest BCUT2D eigenvalue weighted by atomic mass is 9.86. The number of nitrogens with zero attached hydrogens (tertiary/aromatic N) is 2. The van der Waals surface area contributed by atoms with E-state index in [1.165, 1.54) is 0 Å². The summed E-state index contributed by atoms with van der Waals surface area (Å²) in [5, 5.41) is 15.6. The molecule has 0 atom stereocenters. The van der Waals surface area contributed by atoms with Gasteiger partial charge in [-0.25, -0.2) is 4.98 Å². The molecular formula is C13H21N3OS. The fraction of sp³-hybridized carbons (Fsp3) is 0.615. The van der Waals surface area contributed by atoms with Gasteiger partial charge < -0.3 is 10.4 Å². The van der Waals surface area contributed by atoms with Crippen molar-refractivity contribution >= 4 is 16.3 Å². The molecule has 0 bridgehead atoms. The van der Waals surface area contributed by atoms with Crippen LogP contribution in [0.1, 0.15) is 39.1 Å². The third-order valence-corrected chi connectivity index (χ3v) is 4.55. The van der Waals surface area contributed by atoms with Crippen LogP contribution in [-0.2, 0) is 6.54 Å². The summed E-state index contributed by atoms with van der Waals surface area (Å²) in [6, 6.07) is 0. The summed E-state index contributed by atoms with van der Waals surface area (Å²) < 4.78 is 2.10. The van der Waals surface area contributed by atoms with Crippen LogP contribution in [0.4, 0.5) is 0 Å². The van der Waals surface area contributed by atoms with Gasteiger partial charge in [-0.1, -0.05) is 0 Å². The number of imidazole rings is 1. The molecular weight excluding hydrogens is 246 g/mol. The summed E-state index contributed by atoms with van der Waals surface area (Å²) in [4.78, 5) is 5.53. The number of hydrogen-bond donors (Lipinski definition) is 2. The first-order valence-electron chi connectivity index (χ1n) is 6.11. The van der Waals surface area contributed by atoms with E-state index in [1.807, 2.05) is 46.2 Å². The Hall–Kier alpha value is -0.910. The van der Waals surface area contributed by atoms with Crippen LogP contribution >= 0.6 is 11.3 Å². The highest BCUT2D eigenvalue weighted by atomic mass is 32.1. The van der Waals surface area contributed by atoms with E-state index in [0.29, 0.717) is 6.54 Å². The quantitative estimate of drug-likeness (QED) is 0.894. The van der Waals surface area contributed by atoms with E-state index in [-0.39, 0.29) is 5.54 Å². The molecule has 0 unspecified atom stereocenters. The molecule has 5 heteroatoms. The van der Waals surface area contributed by atoms with Gasteiger partial charge in [0, 0.05) is 23.7 Å². The minimum atomic E-state index is -0.778. The maximum atomic E-state index is 10.1. The first-order chi connectivity index (χ1) is 8.22. The van der Waals surface area contributed by atoms with Gasteiger partial charge in [-0.05, 0) is 34.6 Å². The number of aromatic nitrogens is 2. The van der Waals surface area contributed by atoms with E-state index in [4.69, 9.17) is 0 Å². The Morgan fingerprint density at radius 3 is 2.67 bits per heavy atom. The van der Waals surface area contributed by atoms with Crippen LogP contribution in [0.2, 0.25) is 0 Å². The molecule has 2 rings (SSSR count). The molecule has 0 saturated heterocycles. The van der Waals surface area contributed by atoms with Gasteiger partial charge in [0.05, 0.1) is 17.0 Å². The summed E-state index contributed by atoms with van der Waals surface area (Å²) in [5.41, 5.74) is 1.06. The summed E-state index contributed by atoms with van der Waals surface area (Å²) in [5.74, 6) is 0. The SMILES string of the molecule is Cc1nc2sccn2c1CNC(C)(C)C(C)(C)O. The van der Waals surface area contributed by atoms with Crippen LogP contribution in [0.25, 0.3) is 4.96 Å². The predicted molar refractivity (Wildman–Crippen MR) is 75.0 cm³/mol. The molecule has 2 heterocycles. The van der Waals surface area contributed by atoms with Crippen molar-refractivity contribution in [3.05, 3.63) is 23.0 Å². The Kier molecular flexibility index (Phi) is 3.25. The third kappa shape index (κ3) is 2.30. The molecule has 100 valence electrons. The summed E-state index contributed by atoms with van der Waals surface area (Å²) in [7, 11) is 0. The zero-order valence-corrected chi connectivity index (χ0v) is 12.4. The van der Waals surface area contributed by atoms with E-state index in [9.17, 15) is 5.11 Å². The number of aliphatic hydroxyl groups is 1. The smallest absolute Gasteiger partial charge is 0.194 e. The molecule has 0 aliphatic rings. The Morgan fingerprint density at radius 1 is 1.39 bits per heavy atom. The van der Waals surface area contributed by atoms with Crippen molar-refractivity contribution in [1.29, 1.82) is 0 Å². The van der Waals surface area contributed by atoms with Gasteiger partial charge in [-0.2, -0.15) is 0 Å². The first kappa shape index (κ1) is 13.5. The maximum Gasteiger partial charge on any atom is 0.194 e. The Balaban J connectivity index is 2.20. The minimum absolute atomic E-state index is 0.361. The fourth-order valence-corrected chi connectivity index (χ4v) is 2.45. The van der Waals surface area contributed by atoms with Crippen molar-refractivity contribution in [3.63, 3.8) is 0 Å². The number of thiazole rings is 1. The zero-order valence-electron chi connectivity index (χ0n) is 11.6. The molecule has 18 heavy (non-hydrogen) atoms. The van der Waals surface area contributed by atoms with E-state index < -0.39 is 5.60 Å². The molecule has 0 aliphatic carbocycles. The molecule has 4 nitrogen and oxygen atoms in total. The van der Waals surface area contributed by atoms with Crippen LogP contribution in [0.3, 0.4) is 0 Å². The van der Waals surface area contributed by atoms with Crippen molar-refractivity contribution in [2.75, 3.05) is 0 Å². The monoisotopic (exact) mass is 267 g/mol. The van der Waals surface area contributed by atoms with Crippen molar-refractivity contribution in [1.82, 2.24) is 14.7 Å². The van der Waals surface area contributed by atoms with Crippen LogP contribution in [0, 0.1) is 6.92 Å². The minimum Gasteiger partial charge on any atom is -0.389 e. The molecule has 0 amide bonds. The first-order valence-corrected chi connectivity index (χ1v) is 6.99. The van der Waals surface area contributed by atoms with Crippen LogP contribution in [0.5, 0.6) is 0 Å². The summed E-state index contributed by atoms with van der Waals surface area (Å²) in [6.45, 7) is 10.4. The Labute approximate surface area is 112 Å². The molecule has 0 fully saturated rings. The van der Waals surface area contributed by atoms with E-state index >= 15 is 0 Å². The van der Waals surface area contributed by atoms with Gasteiger partial charge >= 0.3 is 0 Å².